The van der Waals surface area contributed by atoms with E-state index in [9.17, 15) is 9.59 Å². The van der Waals surface area contributed by atoms with Crippen molar-refractivity contribution in [3.8, 4) is 0 Å². The van der Waals surface area contributed by atoms with E-state index in [1.165, 1.54) is 34.8 Å². The van der Waals surface area contributed by atoms with Gasteiger partial charge in [-0.15, -0.1) is 11.3 Å². The first kappa shape index (κ1) is 22.5. The third-order valence-electron chi connectivity index (χ3n) is 6.13. The summed E-state index contributed by atoms with van der Waals surface area (Å²) in [6.07, 6.45) is 0. The number of carbonyl (C=O) groups excluding carboxylic acids is 2. The number of thiophene rings is 1. The summed E-state index contributed by atoms with van der Waals surface area (Å²) in [5.41, 5.74) is 2.66. The minimum absolute atomic E-state index is 0.0982. The molecule has 168 valence electrons. The van der Waals surface area contributed by atoms with Crippen LogP contribution in [0.25, 0.3) is 10.8 Å². The van der Waals surface area contributed by atoms with Crippen LogP contribution in [0.5, 0.6) is 0 Å². The first-order valence-corrected chi connectivity index (χ1v) is 11.7. The molecule has 3 aromatic rings. The first-order chi connectivity index (χ1) is 15.5. The van der Waals surface area contributed by atoms with Crippen LogP contribution in [0.1, 0.15) is 26.4 Å². The molecule has 6 nitrogen and oxygen atoms in total. The fourth-order valence-electron chi connectivity index (χ4n) is 4.21. The van der Waals surface area contributed by atoms with E-state index in [0.717, 1.165) is 43.2 Å². The number of methoxy groups -OCH3 is 1. The highest BCUT2D eigenvalue weighted by atomic mass is 32.1. The summed E-state index contributed by atoms with van der Waals surface area (Å²) in [5, 5.41) is 6.08. The van der Waals surface area contributed by atoms with Gasteiger partial charge in [-0.05, 0) is 35.7 Å². The number of nitrogens with one attached hydrogen (secondary N) is 1. The Morgan fingerprint density at radius 3 is 2.44 bits per heavy atom. The van der Waals surface area contributed by atoms with E-state index in [0.29, 0.717) is 17.1 Å². The molecular weight excluding hydrogens is 422 g/mol. The van der Waals surface area contributed by atoms with Gasteiger partial charge >= 0.3 is 5.97 Å². The molecule has 32 heavy (non-hydrogen) atoms. The summed E-state index contributed by atoms with van der Waals surface area (Å²) in [5.74, 6) is -0.511. The Hall–Kier alpha value is -2.74. The summed E-state index contributed by atoms with van der Waals surface area (Å²) in [6, 6.07) is 15.0. The minimum Gasteiger partial charge on any atom is -0.465 e. The zero-order chi connectivity index (χ0) is 22.7. The van der Waals surface area contributed by atoms with Gasteiger partial charge in [0.1, 0.15) is 5.00 Å². The standard InChI is InChI=1S/C25H29N3O3S/c1-17-18(2)32-24(23(17)25(30)31-3)26-22(29)16-28-13-11-27(12-14-28)15-20-9-6-8-19-7-4-5-10-21(19)20/h4-10H,11-16H2,1-3H3,(H,26,29). The number of rotatable bonds is 6. The van der Waals surface area contributed by atoms with Gasteiger partial charge in [0.2, 0.25) is 5.91 Å². The average molecular weight is 452 g/mol. The van der Waals surface area contributed by atoms with E-state index in [1.807, 2.05) is 13.8 Å². The van der Waals surface area contributed by atoms with Gasteiger partial charge in [0.25, 0.3) is 0 Å². The van der Waals surface area contributed by atoms with Gasteiger partial charge in [-0.3, -0.25) is 14.6 Å². The molecule has 2 heterocycles. The van der Waals surface area contributed by atoms with Gasteiger partial charge in [-0.1, -0.05) is 42.5 Å². The summed E-state index contributed by atoms with van der Waals surface area (Å²) in [4.78, 5) is 30.4. The van der Waals surface area contributed by atoms with Crippen molar-refractivity contribution in [3.63, 3.8) is 0 Å². The Labute approximate surface area is 192 Å². The number of hydrogen-bond donors (Lipinski definition) is 1. The highest BCUT2D eigenvalue weighted by molar-refractivity contribution is 7.16. The maximum atomic E-state index is 12.7. The lowest BCUT2D eigenvalue weighted by molar-refractivity contribution is -0.117. The van der Waals surface area contributed by atoms with Crippen LogP contribution in [0.3, 0.4) is 0 Å². The number of ether oxygens (including phenoxy) is 1. The highest BCUT2D eigenvalue weighted by Gasteiger charge is 2.24. The van der Waals surface area contributed by atoms with Gasteiger partial charge in [0.05, 0.1) is 19.2 Å². The van der Waals surface area contributed by atoms with Gasteiger partial charge in [-0.2, -0.15) is 0 Å². The van der Waals surface area contributed by atoms with Crippen molar-refractivity contribution in [2.45, 2.75) is 20.4 Å². The van der Waals surface area contributed by atoms with Gasteiger partial charge in [0, 0.05) is 37.6 Å². The van der Waals surface area contributed by atoms with Crippen LogP contribution in [0.4, 0.5) is 5.00 Å². The lowest BCUT2D eigenvalue weighted by Gasteiger charge is -2.34. The molecule has 0 radical (unpaired) electrons. The number of esters is 1. The Balaban J connectivity index is 1.32. The molecule has 4 rings (SSSR count). The van der Waals surface area contributed by atoms with Crippen LogP contribution < -0.4 is 5.32 Å². The molecule has 1 aliphatic rings. The Bertz CT molecular complexity index is 1130. The molecule has 1 aromatic heterocycles. The van der Waals surface area contributed by atoms with E-state index in [-0.39, 0.29) is 5.91 Å². The molecule has 1 aliphatic heterocycles. The zero-order valence-corrected chi connectivity index (χ0v) is 19.6. The SMILES string of the molecule is COC(=O)c1c(NC(=O)CN2CCN(Cc3cccc4ccccc34)CC2)sc(C)c1C. The monoisotopic (exact) mass is 451 g/mol. The number of fused-ring (bicyclic) bond motifs is 1. The normalized spacial score (nSPS) is 15.1. The van der Waals surface area contributed by atoms with Crippen LogP contribution in [0.15, 0.2) is 42.5 Å². The van der Waals surface area contributed by atoms with E-state index >= 15 is 0 Å². The second kappa shape index (κ2) is 9.81. The summed E-state index contributed by atoms with van der Waals surface area (Å²) >= 11 is 1.42. The summed E-state index contributed by atoms with van der Waals surface area (Å²) < 4.78 is 4.89. The quantitative estimate of drug-likeness (QED) is 0.573. The maximum absolute atomic E-state index is 12.7. The lowest BCUT2D eigenvalue weighted by atomic mass is 10.0. The third-order valence-corrected chi connectivity index (χ3v) is 7.26. The second-order valence-corrected chi connectivity index (χ2v) is 9.44. The van der Waals surface area contributed by atoms with Gasteiger partial charge in [0.15, 0.2) is 0 Å². The predicted octanol–water partition coefficient (Wildman–Crippen LogP) is 4.06. The van der Waals surface area contributed by atoms with Crippen molar-refractivity contribution in [1.82, 2.24) is 9.80 Å². The Morgan fingerprint density at radius 1 is 1.00 bits per heavy atom. The smallest absolute Gasteiger partial charge is 0.341 e. The summed E-state index contributed by atoms with van der Waals surface area (Å²) in [6.45, 7) is 8.56. The molecule has 0 unspecified atom stereocenters. The topological polar surface area (TPSA) is 61.9 Å². The average Bonchev–Trinajstić information content (AvgIpc) is 3.07. The molecule has 1 N–H and O–H groups in total. The van der Waals surface area contributed by atoms with Crippen molar-refractivity contribution in [1.29, 1.82) is 0 Å². The predicted molar refractivity (Wildman–Crippen MR) is 129 cm³/mol. The Kier molecular flexibility index (Phi) is 6.89. The lowest BCUT2D eigenvalue weighted by Crippen LogP contribution is -2.48. The van der Waals surface area contributed by atoms with E-state index < -0.39 is 5.97 Å². The van der Waals surface area contributed by atoms with Crippen LogP contribution in [-0.2, 0) is 16.1 Å². The number of nitrogens with zero attached hydrogens (tertiary/aromatic N) is 2. The summed E-state index contributed by atoms with van der Waals surface area (Å²) in [7, 11) is 1.36. The number of anilines is 1. The minimum atomic E-state index is -0.413. The molecule has 0 bridgehead atoms. The first-order valence-electron chi connectivity index (χ1n) is 10.9. The van der Waals surface area contributed by atoms with Crippen LogP contribution in [0.2, 0.25) is 0 Å². The second-order valence-electron chi connectivity index (χ2n) is 8.22. The molecule has 0 atom stereocenters. The molecule has 0 saturated carbocycles. The molecule has 0 spiro atoms. The fourth-order valence-corrected chi connectivity index (χ4v) is 5.27. The van der Waals surface area contributed by atoms with Crippen molar-refractivity contribution in [3.05, 3.63) is 64.0 Å². The van der Waals surface area contributed by atoms with Crippen molar-refractivity contribution in [2.24, 2.45) is 0 Å². The Morgan fingerprint density at radius 2 is 1.69 bits per heavy atom. The van der Waals surface area contributed by atoms with Gasteiger partial charge in [-0.25, -0.2) is 4.79 Å². The largest absolute Gasteiger partial charge is 0.465 e. The molecule has 1 fully saturated rings. The molecule has 0 aliphatic carbocycles. The molecule has 2 aromatic carbocycles. The van der Waals surface area contributed by atoms with Crippen molar-refractivity contribution >= 4 is 39.0 Å². The molecule has 1 amide bonds. The molecule has 1 saturated heterocycles. The van der Waals surface area contributed by atoms with E-state index in [4.69, 9.17) is 4.74 Å². The fraction of sp³-hybridized carbons (Fsp3) is 0.360. The number of carbonyl (C=O) groups is 2. The highest BCUT2D eigenvalue weighted by Crippen LogP contribution is 2.33. The van der Waals surface area contributed by atoms with Crippen molar-refractivity contribution in [2.75, 3.05) is 45.2 Å². The number of amides is 1. The number of piperazine rings is 1. The molecular formula is C25H29N3O3S. The van der Waals surface area contributed by atoms with Crippen LogP contribution in [-0.4, -0.2) is 61.5 Å². The number of hydrogen-bond acceptors (Lipinski definition) is 6. The van der Waals surface area contributed by atoms with Crippen LogP contribution in [0, 0.1) is 13.8 Å². The third kappa shape index (κ3) is 4.85. The van der Waals surface area contributed by atoms with Crippen LogP contribution >= 0.6 is 11.3 Å². The molecule has 7 heteroatoms. The van der Waals surface area contributed by atoms with E-state index in [1.54, 1.807) is 0 Å². The van der Waals surface area contributed by atoms with Crippen molar-refractivity contribution < 1.29 is 14.3 Å². The van der Waals surface area contributed by atoms with E-state index in [2.05, 4.69) is 57.6 Å². The maximum Gasteiger partial charge on any atom is 0.341 e. The zero-order valence-electron chi connectivity index (χ0n) is 18.8. The number of aryl methyl sites for hydroxylation is 1. The van der Waals surface area contributed by atoms with Gasteiger partial charge < -0.3 is 10.1 Å². The number of benzene rings is 2.